The van der Waals surface area contributed by atoms with Crippen molar-refractivity contribution >= 4 is 28.1 Å². The molecule has 0 saturated carbocycles. The van der Waals surface area contributed by atoms with Gasteiger partial charge in [0.05, 0.1) is 17.0 Å². The van der Waals surface area contributed by atoms with E-state index in [0.717, 1.165) is 33.5 Å². The highest BCUT2D eigenvalue weighted by atomic mass is 32.1. The molecule has 2 heterocycles. The monoisotopic (exact) mass is 406 g/mol. The summed E-state index contributed by atoms with van der Waals surface area (Å²) in [6.45, 7) is 2.33. The van der Waals surface area contributed by atoms with Crippen LogP contribution in [0.2, 0.25) is 0 Å². The lowest BCUT2D eigenvalue weighted by molar-refractivity contribution is 0.0999. The number of nitrogens with one attached hydrogen (secondary N) is 1. The number of aromatic nitrogens is 2. The van der Waals surface area contributed by atoms with E-state index in [2.05, 4.69) is 10.3 Å². The Hall–Kier alpha value is -3.45. The minimum Gasteiger partial charge on any atom is -0.366 e. The van der Waals surface area contributed by atoms with Gasteiger partial charge in [-0.05, 0) is 42.8 Å². The Morgan fingerprint density at radius 2 is 1.90 bits per heavy atom. The van der Waals surface area contributed by atoms with E-state index >= 15 is 0 Å². The molecule has 146 valence electrons. The average Bonchev–Trinajstić information content (AvgIpc) is 3.29. The number of anilines is 2. The fraction of sp³-hybridized carbons (Fsp3) is 0.0909. The smallest absolute Gasteiger partial charge is 0.250 e. The number of amides is 1. The lowest BCUT2D eigenvalue weighted by Gasteiger charge is -2.11. The second-order valence-electron chi connectivity index (χ2n) is 6.63. The highest BCUT2D eigenvalue weighted by Crippen LogP contribution is 2.31. The molecule has 2 aromatic carbocycles. The number of benzene rings is 2. The molecule has 5 nitrogen and oxygen atoms in total. The Labute approximate surface area is 171 Å². The molecular weight excluding hydrogens is 387 g/mol. The third-order valence-electron chi connectivity index (χ3n) is 4.68. The van der Waals surface area contributed by atoms with Crippen molar-refractivity contribution in [1.82, 2.24) is 9.55 Å². The Morgan fingerprint density at radius 3 is 2.59 bits per heavy atom. The second kappa shape index (κ2) is 7.89. The number of rotatable bonds is 6. The van der Waals surface area contributed by atoms with Crippen LogP contribution in [0.3, 0.4) is 0 Å². The number of hydrogen-bond donors (Lipinski definition) is 2. The van der Waals surface area contributed by atoms with Gasteiger partial charge in [0.1, 0.15) is 5.82 Å². The number of nitrogens with zero attached hydrogens (tertiary/aromatic N) is 2. The number of nitrogens with two attached hydrogens (primary N) is 1. The first-order valence-corrected chi connectivity index (χ1v) is 9.91. The predicted molar refractivity (Wildman–Crippen MR) is 114 cm³/mol. The topological polar surface area (TPSA) is 72.9 Å². The van der Waals surface area contributed by atoms with Gasteiger partial charge in [0.2, 0.25) is 0 Å². The number of hydrogen-bond acceptors (Lipinski definition) is 4. The summed E-state index contributed by atoms with van der Waals surface area (Å²) in [6, 6.07) is 17.9. The Bertz CT molecular complexity index is 1150. The van der Waals surface area contributed by atoms with Gasteiger partial charge in [0, 0.05) is 23.3 Å². The molecule has 0 aliphatic carbocycles. The number of halogens is 1. The van der Waals surface area contributed by atoms with Gasteiger partial charge in [0.15, 0.2) is 5.13 Å². The van der Waals surface area contributed by atoms with Gasteiger partial charge in [0.25, 0.3) is 5.91 Å². The molecule has 3 N–H and O–H groups in total. The van der Waals surface area contributed by atoms with Crippen molar-refractivity contribution in [3.63, 3.8) is 0 Å². The number of para-hydroxylation sites is 1. The van der Waals surface area contributed by atoms with E-state index in [1.54, 1.807) is 18.2 Å². The molecule has 0 atom stereocenters. The molecule has 0 aliphatic rings. The highest BCUT2D eigenvalue weighted by molar-refractivity contribution is 7.14. The maximum atomic E-state index is 13.3. The zero-order chi connectivity index (χ0) is 20.4. The standard InChI is InChI=1S/C22H19FN4OS/c1-14-18(21(24)28)11-20(27(14)12-15-7-9-16(23)10-8-15)19-13-29-22(26-19)25-17-5-3-2-4-6-17/h2-11,13H,12H2,1H3,(H2,24,28)(H,25,26). The van der Waals surface area contributed by atoms with Crippen LogP contribution in [0.4, 0.5) is 15.2 Å². The first-order valence-electron chi connectivity index (χ1n) is 9.03. The largest absolute Gasteiger partial charge is 0.366 e. The van der Waals surface area contributed by atoms with Crippen LogP contribution in [-0.4, -0.2) is 15.5 Å². The third kappa shape index (κ3) is 4.05. The maximum absolute atomic E-state index is 13.3. The van der Waals surface area contributed by atoms with Crippen LogP contribution in [0.25, 0.3) is 11.4 Å². The van der Waals surface area contributed by atoms with E-state index in [9.17, 15) is 9.18 Å². The molecule has 4 rings (SSSR count). The van der Waals surface area contributed by atoms with Crippen LogP contribution in [0, 0.1) is 12.7 Å². The number of thiazole rings is 1. The zero-order valence-corrected chi connectivity index (χ0v) is 16.5. The maximum Gasteiger partial charge on any atom is 0.250 e. The van der Waals surface area contributed by atoms with Crippen molar-refractivity contribution in [3.8, 4) is 11.4 Å². The molecule has 0 bridgehead atoms. The van der Waals surface area contributed by atoms with Gasteiger partial charge in [-0.3, -0.25) is 4.79 Å². The molecule has 0 spiro atoms. The van der Waals surface area contributed by atoms with Crippen LogP contribution >= 0.6 is 11.3 Å². The summed E-state index contributed by atoms with van der Waals surface area (Å²) in [5.74, 6) is -0.772. The van der Waals surface area contributed by atoms with E-state index in [-0.39, 0.29) is 5.82 Å². The van der Waals surface area contributed by atoms with Gasteiger partial charge >= 0.3 is 0 Å². The van der Waals surface area contributed by atoms with E-state index in [0.29, 0.717) is 12.1 Å². The van der Waals surface area contributed by atoms with Crippen molar-refractivity contribution in [2.45, 2.75) is 13.5 Å². The molecule has 0 saturated heterocycles. The van der Waals surface area contributed by atoms with Gasteiger partial charge < -0.3 is 15.6 Å². The van der Waals surface area contributed by atoms with E-state index < -0.39 is 5.91 Å². The number of carbonyl (C=O) groups excluding carboxylic acids is 1. The van der Waals surface area contributed by atoms with Crippen LogP contribution in [0.5, 0.6) is 0 Å². The van der Waals surface area contributed by atoms with Crippen LogP contribution in [-0.2, 0) is 6.54 Å². The van der Waals surface area contributed by atoms with E-state index in [1.165, 1.54) is 23.5 Å². The van der Waals surface area contributed by atoms with Gasteiger partial charge in [-0.25, -0.2) is 9.37 Å². The first-order chi connectivity index (χ1) is 14.0. The quantitative estimate of drug-likeness (QED) is 0.476. The molecule has 2 aromatic heterocycles. The van der Waals surface area contributed by atoms with Gasteiger partial charge in [-0.1, -0.05) is 30.3 Å². The minimum atomic E-state index is -0.487. The molecule has 0 unspecified atom stereocenters. The van der Waals surface area contributed by atoms with Gasteiger partial charge in [-0.2, -0.15) is 0 Å². The summed E-state index contributed by atoms with van der Waals surface area (Å²) >= 11 is 1.48. The van der Waals surface area contributed by atoms with Crippen molar-refractivity contribution in [3.05, 3.63) is 88.7 Å². The average molecular weight is 406 g/mol. The number of primary amides is 1. The van der Waals surface area contributed by atoms with Crippen molar-refractivity contribution in [2.24, 2.45) is 5.73 Å². The second-order valence-corrected chi connectivity index (χ2v) is 7.49. The normalized spacial score (nSPS) is 10.8. The Morgan fingerprint density at radius 1 is 1.17 bits per heavy atom. The summed E-state index contributed by atoms with van der Waals surface area (Å²) in [7, 11) is 0. The molecule has 0 fully saturated rings. The van der Waals surface area contributed by atoms with E-state index in [1.807, 2.05) is 47.2 Å². The van der Waals surface area contributed by atoms with Crippen molar-refractivity contribution in [1.29, 1.82) is 0 Å². The zero-order valence-electron chi connectivity index (χ0n) is 15.7. The van der Waals surface area contributed by atoms with Crippen molar-refractivity contribution < 1.29 is 9.18 Å². The fourth-order valence-corrected chi connectivity index (χ4v) is 3.90. The third-order valence-corrected chi connectivity index (χ3v) is 5.44. The SMILES string of the molecule is Cc1c(C(N)=O)cc(-c2csc(Nc3ccccc3)n2)n1Cc1ccc(F)cc1. The lowest BCUT2D eigenvalue weighted by Crippen LogP contribution is -2.12. The molecule has 4 aromatic rings. The summed E-state index contributed by atoms with van der Waals surface area (Å²) in [5.41, 5.74) is 10.2. The lowest BCUT2D eigenvalue weighted by atomic mass is 10.2. The van der Waals surface area contributed by atoms with Gasteiger partial charge in [-0.15, -0.1) is 11.3 Å². The fourth-order valence-electron chi connectivity index (χ4n) is 3.18. The van der Waals surface area contributed by atoms with Crippen LogP contribution < -0.4 is 11.1 Å². The summed E-state index contributed by atoms with van der Waals surface area (Å²) in [6.07, 6.45) is 0. The van der Waals surface area contributed by atoms with Crippen LogP contribution in [0.15, 0.2) is 66.0 Å². The van der Waals surface area contributed by atoms with Crippen LogP contribution in [0.1, 0.15) is 21.6 Å². The van der Waals surface area contributed by atoms with Crippen molar-refractivity contribution in [2.75, 3.05) is 5.32 Å². The number of carbonyl (C=O) groups is 1. The summed E-state index contributed by atoms with van der Waals surface area (Å²) in [4.78, 5) is 16.6. The molecule has 29 heavy (non-hydrogen) atoms. The minimum absolute atomic E-state index is 0.285. The summed E-state index contributed by atoms with van der Waals surface area (Å²) in [5, 5.41) is 5.96. The highest BCUT2D eigenvalue weighted by Gasteiger charge is 2.19. The summed E-state index contributed by atoms with van der Waals surface area (Å²) < 4.78 is 15.2. The molecule has 0 aliphatic heterocycles. The Balaban J connectivity index is 1.70. The predicted octanol–water partition coefficient (Wildman–Crippen LogP) is 4.95. The first kappa shape index (κ1) is 18.9. The molecule has 7 heteroatoms. The molecular formula is C22H19FN4OS. The molecule has 0 radical (unpaired) electrons. The molecule has 1 amide bonds. The Kier molecular flexibility index (Phi) is 5.14. The van der Waals surface area contributed by atoms with E-state index in [4.69, 9.17) is 5.73 Å².